The van der Waals surface area contributed by atoms with Gasteiger partial charge in [-0.15, -0.1) is 0 Å². The van der Waals surface area contributed by atoms with Crippen molar-refractivity contribution in [2.24, 2.45) is 0 Å². The van der Waals surface area contributed by atoms with Gasteiger partial charge in [-0.05, 0) is 19.4 Å². The quantitative estimate of drug-likeness (QED) is 0.770. The molecule has 2 rings (SSSR count). The van der Waals surface area contributed by atoms with Crippen LogP contribution in [0.3, 0.4) is 0 Å². The summed E-state index contributed by atoms with van der Waals surface area (Å²) in [7, 11) is 0. The number of carbonyl (C=O) groups is 1. The fraction of sp³-hybridized carbons (Fsp3) is 0.909. The highest BCUT2D eigenvalue weighted by Gasteiger charge is 2.30. The third-order valence-corrected chi connectivity index (χ3v) is 3.61. The Labute approximate surface area is 105 Å². The van der Waals surface area contributed by atoms with Gasteiger partial charge in [0.15, 0.2) is 0 Å². The lowest BCUT2D eigenvalue weighted by molar-refractivity contribution is -0.125. The smallest absolute Gasteiger partial charge is 0.270 e. The maximum absolute atomic E-state index is 12.4. The molecule has 98 valence electrons. The molecule has 0 aliphatic carbocycles. The van der Waals surface area contributed by atoms with Crippen molar-refractivity contribution in [3.63, 3.8) is 0 Å². The highest BCUT2D eigenvalue weighted by molar-refractivity contribution is 6.29. The van der Waals surface area contributed by atoms with E-state index in [-0.39, 0.29) is 6.10 Å². The van der Waals surface area contributed by atoms with Crippen LogP contribution in [0.25, 0.3) is 0 Å². The summed E-state index contributed by atoms with van der Waals surface area (Å²) in [6.45, 7) is 2.94. The molecule has 0 spiro atoms. The van der Waals surface area contributed by atoms with Crippen LogP contribution in [0.1, 0.15) is 19.3 Å². The van der Waals surface area contributed by atoms with Crippen molar-refractivity contribution < 1.29 is 13.9 Å². The second-order valence-electron chi connectivity index (χ2n) is 4.65. The first-order chi connectivity index (χ1) is 8.16. The van der Waals surface area contributed by atoms with Gasteiger partial charge in [0.25, 0.3) is 11.5 Å². The van der Waals surface area contributed by atoms with Gasteiger partial charge in [0.2, 0.25) is 0 Å². The number of nitrogens with one attached hydrogen (secondary N) is 1. The van der Waals surface area contributed by atoms with Gasteiger partial charge < -0.3 is 10.1 Å². The minimum absolute atomic E-state index is 0.0521. The van der Waals surface area contributed by atoms with E-state index in [1.54, 1.807) is 0 Å². The van der Waals surface area contributed by atoms with E-state index in [0.29, 0.717) is 19.2 Å². The van der Waals surface area contributed by atoms with E-state index < -0.39 is 11.5 Å². The summed E-state index contributed by atoms with van der Waals surface area (Å²) in [6, 6.07) is 0.526. The molecule has 0 saturated carbocycles. The molecule has 4 nitrogen and oxygen atoms in total. The number of morpholine rings is 1. The van der Waals surface area contributed by atoms with Gasteiger partial charge in [-0.1, -0.05) is 18.0 Å². The lowest BCUT2D eigenvalue weighted by Crippen LogP contribution is -2.54. The maximum atomic E-state index is 12.4. The van der Waals surface area contributed by atoms with E-state index in [4.69, 9.17) is 16.3 Å². The van der Waals surface area contributed by atoms with Crippen LogP contribution in [-0.4, -0.2) is 54.8 Å². The van der Waals surface area contributed by atoms with E-state index in [0.717, 1.165) is 13.1 Å². The first-order valence-corrected chi connectivity index (χ1v) is 6.52. The molecule has 1 amide bonds. The number of carbonyl (C=O) groups excluding carboxylic acids is 1. The third kappa shape index (κ3) is 3.53. The van der Waals surface area contributed by atoms with E-state index in [1.807, 2.05) is 0 Å². The van der Waals surface area contributed by atoms with E-state index in [2.05, 4.69) is 10.2 Å². The van der Waals surface area contributed by atoms with Gasteiger partial charge >= 0.3 is 0 Å². The summed E-state index contributed by atoms with van der Waals surface area (Å²) in [5, 5.41) is 2.45. The van der Waals surface area contributed by atoms with Crippen molar-refractivity contribution in [1.29, 1.82) is 0 Å². The van der Waals surface area contributed by atoms with Crippen molar-refractivity contribution in [2.75, 3.05) is 26.2 Å². The van der Waals surface area contributed by atoms with Crippen molar-refractivity contribution in [3.8, 4) is 0 Å². The van der Waals surface area contributed by atoms with Crippen molar-refractivity contribution >= 4 is 17.5 Å². The van der Waals surface area contributed by atoms with Crippen molar-refractivity contribution in [2.45, 2.75) is 37.0 Å². The van der Waals surface area contributed by atoms with Crippen LogP contribution in [-0.2, 0) is 9.53 Å². The van der Waals surface area contributed by atoms with Crippen LogP contribution in [0.4, 0.5) is 4.39 Å². The Morgan fingerprint density at radius 2 is 2.41 bits per heavy atom. The van der Waals surface area contributed by atoms with Crippen LogP contribution in [0, 0.1) is 0 Å². The summed E-state index contributed by atoms with van der Waals surface area (Å²) >= 11 is 5.03. The second kappa shape index (κ2) is 5.98. The van der Waals surface area contributed by atoms with Crippen molar-refractivity contribution in [3.05, 3.63) is 0 Å². The molecule has 0 bridgehead atoms. The molecule has 17 heavy (non-hydrogen) atoms. The van der Waals surface area contributed by atoms with Gasteiger partial charge in [-0.25, -0.2) is 4.39 Å². The lowest BCUT2D eigenvalue weighted by atomic mass is 10.0. The molecule has 2 aliphatic rings. The first kappa shape index (κ1) is 13.1. The summed E-state index contributed by atoms with van der Waals surface area (Å²) in [4.78, 5) is 13.4. The fourth-order valence-electron chi connectivity index (χ4n) is 2.47. The molecule has 2 aliphatic heterocycles. The van der Waals surface area contributed by atoms with Crippen molar-refractivity contribution in [1.82, 2.24) is 10.2 Å². The zero-order valence-corrected chi connectivity index (χ0v) is 10.5. The Hall–Kier alpha value is -0.390. The number of piperidine rings is 1. The molecule has 2 heterocycles. The molecule has 2 fully saturated rings. The van der Waals surface area contributed by atoms with Crippen LogP contribution in [0.2, 0.25) is 0 Å². The van der Waals surface area contributed by atoms with Crippen LogP contribution >= 0.6 is 11.6 Å². The molecule has 1 N–H and O–H groups in total. The predicted octanol–water partition coefficient (Wildman–Crippen LogP) is 0.890. The minimum atomic E-state index is -1.97. The Kier molecular flexibility index (Phi) is 4.59. The number of rotatable bonds is 3. The minimum Gasteiger partial charge on any atom is -0.373 e. The zero-order valence-electron chi connectivity index (χ0n) is 9.70. The predicted molar refractivity (Wildman–Crippen MR) is 62.7 cm³/mol. The number of hydrogen-bond donors (Lipinski definition) is 1. The molecule has 0 aromatic carbocycles. The molecule has 2 saturated heterocycles. The largest absolute Gasteiger partial charge is 0.373 e. The standard InChI is InChI=1S/C11H18ClFN2O2/c12-10(13)11(16)14-5-9-6-15-4-2-1-3-8(15)7-17-9/h8-10H,1-7H2,(H,14,16). The Morgan fingerprint density at radius 3 is 3.18 bits per heavy atom. The van der Waals surface area contributed by atoms with Gasteiger partial charge in [-0.3, -0.25) is 9.69 Å². The summed E-state index contributed by atoms with van der Waals surface area (Å²) in [6.07, 6.45) is 3.63. The topological polar surface area (TPSA) is 41.6 Å². The summed E-state index contributed by atoms with van der Waals surface area (Å²) in [5.41, 5.74) is -1.97. The molecule has 0 aromatic heterocycles. The molecular weight excluding hydrogens is 247 g/mol. The molecule has 3 unspecified atom stereocenters. The third-order valence-electron chi connectivity index (χ3n) is 3.41. The molecular formula is C11H18ClFN2O2. The monoisotopic (exact) mass is 264 g/mol. The molecule has 0 radical (unpaired) electrons. The summed E-state index contributed by atoms with van der Waals surface area (Å²) < 4.78 is 18.1. The number of ether oxygens (including phenoxy) is 1. The lowest BCUT2D eigenvalue weighted by Gasteiger charge is -2.42. The number of hydrogen-bond acceptors (Lipinski definition) is 3. The Balaban J connectivity index is 1.74. The van der Waals surface area contributed by atoms with Crippen LogP contribution in [0.15, 0.2) is 0 Å². The number of fused-ring (bicyclic) bond motifs is 1. The van der Waals surface area contributed by atoms with Gasteiger partial charge in [0.05, 0.1) is 12.7 Å². The fourth-order valence-corrected chi connectivity index (χ4v) is 2.54. The highest BCUT2D eigenvalue weighted by atomic mass is 35.5. The number of amides is 1. The Bertz CT molecular complexity index is 278. The Morgan fingerprint density at radius 1 is 1.59 bits per heavy atom. The zero-order chi connectivity index (χ0) is 12.3. The molecule has 6 heteroatoms. The van der Waals surface area contributed by atoms with Gasteiger partial charge in [0, 0.05) is 19.1 Å². The van der Waals surface area contributed by atoms with E-state index in [9.17, 15) is 9.18 Å². The summed E-state index contributed by atoms with van der Waals surface area (Å²) in [5.74, 6) is -0.781. The molecule has 0 aromatic rings. The van der Waals surface area contributed by atoms with Gasteiger partial charge in [0.1, 0.15) is 0 Å². The van der Waals surface area contributed by atoms with Crippen LogP contribution in [0.5, 0.6) is 0 Å². The SMILES string of the molecule is O=C(NCC1CN2CCCCC2CO1)C(F)Cl. The average molecular weight is 265 g/mol. The average Bonchev–Trinajstić information content (AvgIpc) is 2.35. The van der Waals surface area contributed by atoms with E-state index >= 15 is 0 Å². The highest BCUT2D eigenvalue weighted by Crippen LogP contribution is 2.21. The van der Waals surface area contributed by atoms with Crippen LogP contribution < -0.4 is 5.32 Å². The molecule has 3 atom stereocenters. The first-order valence-electron chi connectivity index (χ1n) is 6.08. The van der Waals surface area contributed by atoms with Gasteiger partial charge in [-0.2, -0.15) is 0 Å². The van der Waals surface area contributed by atoms with E-state index in [1.165, 1.54) is 19.3 Å². The number of nitrogens with zero attached hydrogens (tertiary/aromatic N) is 1. The number of halogens is 2. The normalized spacial score (nSPS) is 31.6. The maximum Gasteiger partial charge on any atom is 0.270 e. The second-order valence-corrected chi connectivity index (χ2v) is 5.03. The number of alkyl halides is 2.